The number of amidine groups is 1. The molecule has 2 rings (SSSR count). The summed E-state index contributed by atoms with van der Waals surface area (Å²) < 4.78 is 0. The van der Waals surface area contributed by atoms with Gasteiger partial charge in [0.15, 0.2) is 0 Å². The number of nitrogens with zero attached hydrogens (tertiary/aromatic N) is 3. The number of piperidine rings is 1. The molecule has 0 saturated carbocycles. The highest BCUT2D eigenvalue weighted by atomic mass is 35.5. The summed E-state index contributed by atoms with van der Waals surface area (Å²) in [6.07, 6.45) is 3.60. The molecule has 1 saturated heterocycles. The lowest BCUT2D eigenvalue weighted by Gasteiger charge is -2.36. The van der Waals surface area contributed by atoms with Gasteiger partial charge in [0, 0.05) is 37.3 Å². The Hall–Kier alpha value is -1.40. The number of hydrogen-bond donors (Lipinski definition) is 1. The Bertz CT molecular complexity index is 771. The minimum Gasteiger partial charge on any atom is -0.350 e. The zero-order chi connectivity index (χ0) is 20.7. The van der Waals surface area contributed by atoms with Crippen LogP contribution in [0, 0.1) is 0 Å². The van der Waals surface area contributed by atoms with Gasteiger partial charge in [-0.05, 0) is 51.1 Å². The largest absolute Gasteiger partial charge is 0.350 e. The van der Waals surface area contributed by atoms with Gasteiger partial charge in [0.05, 0.1) is 15.6 Å². The minimum atomic E-state index is -0.259. The fourth-order valence-corrected chi connectivity index (χ4v) is 3.63. The molecule has 1 aromatic carbocycles. The summed E-state index contributed by atoms with van der Waals surface area (Å²) in [7, 11) is 0. The van der Waals surface area contributed by atoms with Gasteiger partial charge in [-0.25, -0.2) is 9.98 Å². The molecule has 0 aliphatic carbocycles. The average Bonchev–Trinajstić information content (AvgIpc) is 2.69. The molecule has 1 unspecified atom stereocenters. The number of amides is 1. The van der Waals surface area contributed by atoms with Crippen LogP contribution in [0.15, 0.2) is 40.0 Å². The van der Waals surface area contributed by atoms with Gasteiger partial charge in [0.1, 0.15) is 5.84 Å². The van der Waals surface area contributed by atoms with Gasteiger partial charge >= 0.3 is 0 Å². The number of aliphatic imine (C=N–C) groups is 2. The van der Waals surface area contributed by atoms with Gasteiger partial charge in [-0.3, -0.25) is 9.69 Å². The van der Waals surface area contributed by atoms with Crippen LogP contribution in [0.1, 0.15) is 37.0 Å². The van der Waals surface area contributed by atoms with Crippen molar-refractivity contribution < 1.29 is 4.79 Å². The third-order valence-electron chi connectivity index (χ3n) is 4.76. The number of alkyl halides is 1. The number of likely N-dealkylation sites (tertiary alicyclic amines) is 1. The second-order valence-corrected chi connectivity index (χ2v) is 8.15. The van der Waals surface area contributed by atoms with Crippen LogP contribution >= 0.6 is 34.8 Å². The number of benzene rings is 1. The molecule has 1 aliphatic heterocycles. The summed E-state index contributed by atoms with van der Waals surface area (Å²) in [5.41, 5.74) is 1.38. The van der Waals surface area contributed by atoms with E-state index in [-0.39, 0.29) is 22.3 Å². The van der Waals surface area contributed by atoms with E-state index in [0.717, 1.165) is 31.5 Å². The van der Waals surface area contributed by atoms with E-state index in [1.54, 1.807) is 31.3 Å². The van der Waals surface area contributed by atoms with Crippen molar-refractivity contribution in [2.75, 3.05) is 19.6 Å². The first-order valence-corrected chi connectivity index (χ1v) is 10.3. The van der Waals surface area contributed by atoms with Gasteiger partial charge in [0.25, 0.3) is 5.91 Å². The molecule has 1 aromatic rings. The highest BCUT2D eigenvalue weighted by Gasteiger charge is 2.26. The van der Waals surface area contributed by atoms with E-state index in [2.05, 4.69) is 26.9 Å². The highest BCUT2D eigenvalue weighted by Crippen LogP contribution is 2.26. The van der Waals surface area contributed by atoms with Gasteiger partial charge in [-0.15, -0.1) is 11.6 Å². The Morgan fingerprint density at radius 3 is 2.68 bits per heavy atom. The Balaban J connectivity index is 2.15. The quantitative estimate of drug-likeness (QED) is 0.389. The maximum atomic E-state index is 12.6. The van der Waals surface area contributed by atoms with Crippen molar-refractivity contribution in [2.24, 2.45) is 9.98 Å². The normalized spacial score (nSPS) is 18.0. The molecule has 1 amide bonds. The molecule has 8 heteroatoms. The maximum absolute atomic E-state index is 12.6. The topological polar surface area (TPSA) is 57.1 Å². The smallest absolute Gasteiger partial charge is 0.252 e. The fourth-order valence-electron chi connectivity index (χ4n) is 3.04. The molecule has 1 atom stereocenters. The summed E-state index contributed by atoms with van der Waals surface area (Å²) in [4.78, 5) is 23.1. The van der Waals surface area contributed by atoms with Gasteiger partial charge in [-0.2, -0.15) is 0 Å². The number of carbonyl (C=O) groups excluding carboxylic acids is 1. The van der Waals surface area contributed by atoms with Gasteiger partial charge < -0.3 is 5.32 Å². The second-order valence-electron chi connectivity index (χ2n) is 6.75. The van der Waals surface area contributed by atoms with E-state index in [0.29, 0.717) is 23.0 Å². The van der Waals surface area contributed by atoms with Crippen LogP contribution < -0.4 is 5.32 Å². The second kappa shape index (κ2) is 11.0. The molecule has 152 valence electrons. The van der Waals surface area contributed by atoms with E-state index in [1.165, 1.54) is 0 Å². The van der Waals surface area contributed by atoms with Crippen LogP contribution in [0.25, 0.3) is 0 Å². The molecular formula is C20H25Cl3N4O. The Kier molecular flexibility index (Phi) is 8.96. The predicted octanol–water partition coefficient (Wildman–Crippen LogP) is 4.82. The molecular weight excluding hydrogens is 419 g/mol. The summed E-state index contributed by atoms with van der Waals surface area (Å²) in [6, 6.07) is 5.01. The standard InChI is InChI=1S/C20H25Cl3N4O/c1-13(11-25-14(2)24-3)18(27-9-7-15(21)8-10-27)12-26-20(28)16-5-4-6-17(22)19(16)23/h4-6,11,15,18H,3,7-10,12H2,1-2H3,(H,26,28)/b13-11+,25-14?. The van der Waals surface area contributed by atoms with Crippen molar-refractivity contribution in [1.82, 2.24) is 10.2 Å². The third-order valence-corrected chi connectivity index (χ3v) is 6.02. The SMILES string of the molecule is C=NC(C)=N/C=C(\C)C(CNC(=O)c1cccc(Cl)c1Cl)N1CCC(Cl)CC1. The Morgan fingerprint density at radius 1 is 1.36 bits per heavy atom. The van der Waals surface area contributed by atoms with E-state index in [9.17, 15) is 4.79 Å². The zero-order valence-electron chi connectivity index (χ0n) is 16.1. The van der Waals surface area contributed by atoms with Crippen molar-refractivity contribution in [1.29, 1.82) is 0 Å². The fraction of sp³-hybridized carbons (Fsp3) is 0.450. The molecule has 1 heterocycles. The lowest BCUT2D eigenvalue weighted by molar-refractivity contribution is 0.0934. The van der Waals surface area contributed by atoms with Crippen LogP contribution in [-0.4, -0.2) is 54.4 Å². The van der Waals surface area contributed by atoms with E-state index < -0.39 is 0 Å². The first-order valence-electron chi connectivity index (χ1n) is 9.11. The Morgan fingerprint density at radius 2 is 2.04 bits per heavy atom. The highest BCUT2D eigenvalue weighted by molar-refractivity contribution is 6.43. The summed E-state index contributed by atoms with van der Waals surface area (Å²) in [5.74, 6) is 0.331. The number of carbonyl (C=O) groups is 1. The lowest BCUT2D eigenvalue weighted by atomic mass is 10.0. The molecule has 28 heavy (non-hydrogen) atoms. The van der Waals surface area contributed by atoms with Crippen LogP contribution in [0.5, 0.6) is 0 Å². The molecule has 1 N–H and O–H groups in total. The van der Waals surface area contributed by atoms with Gasteiger partial charge in [0.2, 0.25) is 0 Å². The molecule has 0 aromatic heterocycles. The zero-order valence-corrected chi connectivity index (χ0v) is 18.4. The van der Waals surface area contributed by atoms with Crippen LogP contribution in [0.3, 0.4) is 0 Å². The van der Waals surface area contributed by atoms with Crippen LogP contribution in [0.4, 0.5) is 0 Å². The number of hydrogen-bond acceptors (Lipinski definition) is 3. The van der Waals surface area contributed by atoms with Gasteiger partial charge in [-0.1, -0.05) is 29.3 Å². The van der Waals surface area contributed by atoms with Crippen LogP contribution in [-0.2, 0) is 0 Å². The summed E-state index contributed by atoms with van der Waals surface area (Å²) in [5, 5.41) is 3.79. The summed E-state index contributed by atoms with van der Waals surface area (Å²) in [6.45, 7) is 9.40. The Labute approximate surface area is 181 Å². The van der Waals surface area contributed by atoms with Crippen molar-refractivity contribution in [3.05, 3.63) is 45.6 Å². The number of rotatable bonds is 6. The number of nitrogens with one attached hydrogen (secondary N) is 1. The molecule has 1 fully saturated rings. The van der Waals surface area contributed by atoms with Crippen LogP contribution in [0.2, 0.25) is 10.0 Å². The monoisotopic (exact) mass is 442 g/mol. The number of halogens is 3. The van der Waals surface area contributed by atoms with Crippen molar-refractivity contribution in [3.63, 3.8) is 0 Å². The lowest BCUT2D eigenvalue weighted by Crippen LogP contribution is -2.48. The maximum Gasteiger partial charge on any atom is 0.252 e. The summed E-state index contributed by atoms with van der Waals surface area (Å²) >= 11 is 18.4. The van der Waals surface area contributed by atoms with E-state index >= 15 is 0 Å². The van der Waals surface area contributed by atoms with E-state index in [4.69, 9.17) is 34.8 Å². The minimum absolute atomic E-state index is 0.00700. The molecule has 5 nitrogen and oxygen atoms in total. The molecule has 0 radical (unpaired) electrons. The van der Waals surface area contributed by atoms with Crippen molar-refractivity contribution in [3.8, 4) is 0 Å². The first-order chi connectivity index (χ1) is 13.3. The molecule has 1 aliphatic rings. The molecule has 0 bridgehead atoms. The van der Waals surface area contributed by atoms with Crippen molar-refractivity contribution in [2.45, 2.75) is 38.1 Å². The first kappa shape index (κ1) is 22.9. The predicted molar refractivity (Wildman–Crippen MR) is 119 cm³/mol. The molecule has 0 spiro atoms. The van der Waals surface area contributed by atoms with Crippen molar-refractivity contribution >= 4 is 53.3 Å². The third kappa shape index (κ3) is 6.31. The average molecular weight is 444 g/mol. The van der Waals surface area contributed by atoms with E-state index in [1.807, 2.05) is 6.92 Å².